The minimum atomic E-state index is -4.54. The summed E-state index contributed by atoms with van der Waals surface area (Å²) in [7, 11) is 0. The molecule has 7 heteroatoms. The standard InChI is InChI=1S/C12H12F3NO3/c1-2-18-11(17)9-6-16-8-5-3-4-7(10(8)19-9)12(13,14)15/h3-5,9,16H,2,6H2,1H3. The van der Waals surface area contributed by atoms with Crippen LogP contribution in [-0.4, -0.2) is 25.2 Å². The first-order chi connectivity index (χ1) is 8.93. The molecule has 1 aromatic carbocycles. The smallest absolute Gasteiger partial charge is 0.420 e. The second kappa shape index (κ2) is 4.99. The minimum Gasteiger partial charge on any atom is -0.474 e. The normalized spacial score (nSPS) is 18.0. The second-order valence-corrected chi connectivity index (χ2v) is 3.92. The van der Waals surface area contributed by atoms with Gasteiger partial charge in [0.25, 0.3) is 0 Å². The summed E-state index contributed by atoms with van der Waals surface area (Å²) < 4.78 is 48.4. The lowest BCUT2D eigenvalue weighted by atomic mass is 10.1. The van der Waals surface area contributed by atoms with Crippen LogP contribution in [0.5, 0.6) is 5.75 Å². The molecule has 0 amide bonds. The average molecular weight is 275 g/mol. The average Bonchev–Trinajstić information content (AvgIpc) is 2.36. The number of hydrogen-bond donors (Lipinski definition) is 1. The van der Waals surface area contributed by atoms with Gasteiger partial charge in [-0.1, -0.05) is 6.07 Å². The zero-order valence-electron chi connectivity index (χ0n) is 10.1. The SMILES string of the molecule is CCOC(=O)C1CNc2cccc(C(F)(F)F)c2O1. The van der Waals surface area contributed by atoms with E-state index in [0.29, 0.717) is 0 Å². The first-order valence-electron chi connectivity index (χ1n) is 5.71. The van der Waals surface area contributed by atoms with Crippen molar-refractivity contribution < 1.29 is 27.4 Å². The van der Waals surface area contributed by atoms with E-state index in [-0.39, 0.29) is 24.6 Å². The van der Waals surface area contributed by atoms with Gasteiger partial charge in [-0.3, -0.25) is 0 Å². The molecule has 1 N–H and O–H groups in total. The van der Waals surface area contributed by atoms with Crippen LogP contribution in [0, 0.1) is 0 Å². The van der Waals surface area contributed by atoms with Crippen LogP contribution in [0.25, 0.3) is 0 Å². The molecule has 2 rings (SSSR count). The van der Waals surface area contributed by atoms with Crippen molar-refractivity contribution in [2.75, 3.05) is 18.5 Å². The molecule has 0 saturated carbocycles. The van der Waals surface area contributed by atoms with Gasteiger partial charge in [0.1, 0.15) is 0 Å². The number of hydrogen-bond acceptors (Lipinski definition) is 4. The number of rotatable bonds is 2. The highest BCUT2D eigenvalue weighted by Crippen LogP contribution is 2.42. The van der Waals surface area contributed by atoms with Gasteiger partial charge in [0, 0.05) is 0 Å². The fourth-order valence-electron chi connectivity index (χ4n) is 1.78. The van der Waals surface area contributed by atoms with E-state index in [2.05, 4.69) is 5.32 Å². The van der Waals surface area contributed by atoms with Gasteiger partial charge in [0.05, 0.1) is 24.4 Å². The Morgan fingerprint density at radius 3 is 2.89 bits per heavy atom. The summed E-state index contributed by atoms with van der Waals surface area (Å²) in [5.74, 6) is -1.04. The molecule has 104 valence electrons. The van der Waals surface area contributed by atoms with Crippen molar-refractivity contribution >= 4 is 11.7 Å². The summed E-state index contributed by atoms with van der Waals surface area (Å²) in [4.78, 5) is 11.5. The third-order valence-electron chi connectivity index (χ3n) is 2.61. The van der Waals surface area contributed by atoms with Crippen LogP contribution in [0.1, 0.15) is 12.5 Å². The Balaban J connectivity index is 2.30. The van der Waals surface area contributed by atoms with Gasteiger partial charge in [0.2, 0.25) is 6.10 Å². The highest BCUT2D eigenvalue weighted by atomic mass is 19.4. The van der Waals surface area contributed by atoms with Gasteiger partial charge in [0.15, 0.2) is 5.75 Å². The molecule has 0 aliphatic carbocycles. The summed E-state index contributed by atoms with van der Waals surface area (Å²) in [6.07, 6.45) is -5.61. The molecular weight excluding hydrogens is 263 g/mol. The lowest BCUT2D eigenvalue weighted by Crippen LogP contribution is -2.39. The van der Waals surface area contributed by atoms with Crippen molar-refractivity contribution in [1.29, 1.82) is 0 Å². The molecule has 1 aromatic rings. The van der Waals surface area contributed by atoms with Crippen molar-refractivity contribution in [3.05, 3.63) is 23.8 Å². The molecule has 0 fully saturated rings. The summed E-state index contributed by atoms with van der Waals surface area (Å²) >= 11 is 0. The van der Waals surface area contributed by atoms with E-state index in [1.54, 1.807) is 6.92 Å². The number of carbonyl (C=O) groups is 1. The lowest BCUT2D eigenvalue weighted by molar-refractivity contribution is -0.153. The Bertz CT molecular complexity index is 488. The van der Waals surface area contributed by atoms with E-state index >= 15 is 0 Å². The van der Waals surface area contributed by atoms with Crippen molar-refractivity contribution in [2.45, 2.75) is 19.2 Å². The zero-order chi connectivity index (χ0) is 14.0. The third kappa shape index (κ3) is 2.74. The van der Waals surface area contributed by atoms with Crippen LogP contribution in [0.4, 0.5) is 18.9 Å². The Labute approximate surface area is 107 Å². The second-order valence-electron chi connectivity index (χ2n) is 3.92. The van der Waals surface area contributed by atoms with Gasteiger partial charge in [-0.05, 0) is 19.1 Å². The largest absolute Gasteiger partial charge is 0.474 e. The Morgan fingerprint density at radius 2 is 2.26 bits per heavy atom. The van der Waals surface area contributed by atoms with Gasteiger partial charge >= 0.3 is 12.1 Å². The number of benzene rings is 1. The number of fused-ring (bicyclic) bond motifs is 1. The van der Waals surface area contributed by atoms with E-state index < -0.39 is 23.8 Å². The van der Waals surface area contributed by atoms with Crippen LogP contribution < -0.4 is 10.1 Å². The van der Waals surface area contributed by atoms with Gasteiger partial charge < -0.3 is 14.8 Å². The number of alkyl halides is 3. The number of halogens is 3. The zero-order valence-corrected chi connectivity index (χ0v) is 10.1. The molecule has 1 aliphatic rings. The number of anilines is 1. The highest BCUT2D eigenvalue weighted by molar-refractivity contribution is 5.78. The van der Waals surface area contributed by atoms with Gasteiger partial charge in [-0.2, -0.15) is 13.2 Å². The Morgan fingerprint density at radius 1 is 1.53 bits per heavy atom. The molecule has 19 heavy (non-hydrogen) atoms. The lowest BCUT2D eigenvalue weighted by Gasteiger charge is -2.28. The van der Waals surface area contributed by atoms with E-state index in [0.717, 1.165) is 6.07 Å². The maximum absolute atomic E-state index is 12.8. The topological polar surface area (TPSA) is 47.6 Å². The number of para-hydroxylation sites is 1. The van der Waals surface area contributed by atoms with E-state index in [9.17, 15) is 18.0 Å². The van der Waals surface area contributed by atoms with Crippen molar-refractivity contribution in [3.63, 3.8) is 0 Å². The predicted octanol–water partition coefficient (Wildman–Crippen LogP) is 2.44. The quantitative estimate of drug-likeness (QED) is 0.842. The van der Waals surface area contributed by atoms with Gasteiger partial charge in [-0.15, -0.1) is 0 Å². The summed E-state index contributed by atoms with van der Waals surface area (Å²) in [5.41, 5.74) is -0.693. The number of carbonyl (C=O) groups excluding carboxylic acids is 1. The minimum absolute atomic E-state index is 0.0765. The fourth-order valence-corrected chi connectivity index (χ4v) is 1.78. The number of esters is 1. The van der Waals surface area contributed by atoms with Crippen LogP contribution in [0.2, 0.25) is 0 Å². The van der Waals surface area contributed by atoms with E-state index in [4.69, 9.17) is 9.47 Å². The van der Waals surface area contributed by atoms with Crippen molar-refractivity contribution in [3.8, 4) is 5.75 Å². The molecule has 1 aliphatic heterocycles. The van der Waals surface area contributed by atoms with E-state index in [1.807, 2.05) is 0 Å². The monoisotopic (exact) mass is 275 g/mol. The molecule has 0 radical (unpaired) electrons. The fraction of sp³-hybridized carbons (Fsp3) is 0.417. The van der Waals surface area contributed by atoms with Crippen LogP contribution in [0.3, 0.4) is 0 Å². The number of ether oxygens (including phenoxy) is 2. The molecule has 1 atom stereocenters. The molecule has 4 nitrogen and oxygen atoms in total. The van der Waals surface area contributed by atoms with Gasteiger partial charge in [-0.25, -0.2) is 4.79 Å². The molecule has 1 unspecified atom stereocenters. The van der Waals surface area contributed by atoms with E-state index in [1.165, 1.54) is 12.1 Å². The van der Waals surface area contributed by atoms with Crippen LogP contribution >= 0.6 is 0 Å². The molecule has 1 heterocycles. The third-order valence-corrected chi connectivity index (χ3v) is 2.61. The first kappa shape index (κ1) is 13.5. The maximum atomic E-state index is 12.8. The maximum Gasteiger partial charge on any atom is 0.420 e. The van der Waals surface area contributed by atoms with Crippen molar-refractivity contribution in [2.24, 2.45) is 0 Å². The molecule has 0 saturated heterocycles. The predicted molar refractivity (Wildman–Crippen MR) is 61.0 cm³/mol. The highest BCUT2D eigenvalue weighted by Gasteiger charge is 2.38. The van der Waals surface area contributed by atoms with Crippen LogP contribution in [0.15, 0.2) is 18.2 Å². The molecular formula is C12H12F3NO3. The molecule has 0 bridgehead atoms. The summed E-state index contributed by atoms with van der Waals surface area (Å²) in [6.45, 7) is 1.84. The summed E-state index contributed by atoms with van der Waals surface area (Å²) in [5, 5.41) is 2.74. The molecule has 0 spiro atoms. The number of nitrogens with one attached hydrogen (secondary N) is 1. The van der Waals surface area contributed by atoms with Crippen molar-refractivity contribution in [1.82, 2.24) is 0 Å². The first-order valence-corrected chi connectivity index (χ1v) is 5.71. The van der Waals surface area contributed by atoms with Crippen LogP contribution in [-0.2, 0) is 15.7 Å². The Hall–Kier alpha value is -1.92. The Kier molecular flexibility index (Phi) is 3.55. The summed E-state index contributed by atoms with van der Waals surface area (Å²) in [6, 6.07) is 3.66. The molecule has 0 aromatic heterocycles.